The summed E-state index contributed by atoms with van der Waals surface area (Å²) in [4.78, 5) is 12.7. The van der Waals surface area contributed by atoms with Crippen LogP contribution in [-0.2, 0) is 10.0 Å². The summed E-state index contributed by atoms with van der Waals surface area (Å²) in [7, 11) is -3.98. The molecule has 0 aliphatic carbocycles. The van der Waals surface area contributed by atoms with Gasteiger partial charge in [-0.3, -0.25) is 0 Å². The Kier molecular flexibility index (Phi) is 6.58. The molecule has 0 aromatic heterocycles. The van der Waals surface area contributed by atoms with Gasteiger partial charge in [0.1, 0.15) is 0 Å². The largest absolute Gasteiger partial charge is 0.380 e. The lowest BCUT2D eigenvalue weighted by molar-refractivity contribution is 0.170. The highest BCUT2D eigenvalue weighted by Crippen LogP contribution is 2.32. The number of amides is 2. The number of sulfonamides is 1. The highest BCUT2D eigenvalue weighted by Gasteiger charge is 2.37. The van der Waals surface area contributed by atoms with E-state index in [2.05, 4.69) is 48.4 Å². The van der Waals surface area contributed by atoms with Gasteiger partial charge in [0.2, 0.25) is 0 Å². The zero-order chi connectivity index (χ0) is 23.7. The summed E-state index contributed by atoms with van der Waals surface area (Å²) in [6, 6.07) is 11.7. The highest BCUT2D eigenvalue weighted by atomic mass is 32.2. The Labute approximate surface area is 191 Å². The Bertz CT molecular complexity index is 1090. The summed E-state index contributed by atoms with van der Waals surface area (Å²) in [5.74, 6) is 0. The molecule has 1 aliphatic rings. The van der Waals surface area contributed by atoms with Crippen molar-refractivity contribution in [3.63, 3.8) is 0 Å². The van der Waals surface area contributed by atoms with Crippen LogP contribution in [0, 0.1) is 13.8 Å². The monoisotopic (exact) mass is 458 g/mol. The van der Waals surface area contributed by atoms with Crippen LogP contribution < -0.4 is 20.7 Å². The summed E-state index contributed by atoms with van der Waals surface area (Å²) in [6.07, 6.45) is 1.83. The molecule has 2 aromatic carbocycles. The number of hydrogen-bond donors (Lipinski definition) is 4. The van der Waals surface area contributed by atoms with Gasteiger partial charge in [0.25, 0.3) is 10.0 Å². The lowest BCUT2D eigenvalue weighted by Crippen LogP contribution is -2.60. The van der Waals surface area contributed by atoms with Gasteiger partial charge in [0.05, 0.1) is 16.3 Å². The number of anilines is 2. The van der Waals surface area contributed by atoms with Crippen LogP contribution in [0.3, 0.4) is 0 Å². The number of aryl methyl sites for hydroxylation is 2. The molecular formula is C24H34N4O3S. The summed E-state index contributed by atoms with van der Waals surface area (Å²) in [5, 5.41) is 9.95. The summed E-state index contributed by atoms with van der Waals surface area (Å²) >= 11 is 0. The van der Waals surface area contributed by atoms with Gasteiger partial charge in [-0.1, -0.05) is 24.3 Å². The van der Waals surface area contributed by atoms with E-state index in [9.17, 15) is 13.2 Å². The van der Waals surface area contributed by atoms with Crippen molar-refractivity contribution >= 4 is 27.4 Å². The Balaban J connectivity index is 1.78. The molecule has 0 bridgehead atoms. The van der Waals surface area contributed by atoms with Gasteiger partial charge in [-0.15, -0.1) is 0 Å². The van der Waals surface area contributed by atoms with E-state index in [-0.39, 0.29) is 22.0 Å². The van der Waals surface area contributed by atoms with Crippen LogP contribution in [0.1, 0.15) is 51.7 Å². The molecule has 2 amide bonds. The number of nitrogens with one attached hydrogen (secondary N) is 4. The van der Waals surface area contributed by atoms with E-state index in [0.29, 0.717) is 11.3 Å². The third-order valence-electron chi connectivity index (χ3n) is 5.58. The summed E-state index contributed by atoms with van der Waals surface area (Å²) in [5.41, 5.74) is 2.77. The molecule has 0 unspecified atom stereocenters. The van der Waals surface area contributed by atoms with Crippen molar-refractivity contribution in [3.05, 3.63) is 53.6 Å². The maximum Gasteiger partial charge on any atom is 0.333 e. The SMILES string of the molecule is Cc1ccc(NC2CC(C)(C)NC(C)(C)C2)c(NC(=O)NS(=O)(=O)c2ccccc2C)c1. The van der Waals surface area contributed by atoms with Crippen LogP contribution in [0.15, 0.2) is 47.4 Å². The molecule has 1 fully saturated rings. The Hall–Kier alpha value is -2.58. The molecule has 0 radical (unpaired) electrons. The number of urea groups is 1. The van der Waals surface area contributed by atoms with Gasteiger partial charge in [-0.05, 0) is 83.7 Å². The van der Waals surface area contributed by atoms with Crippen molar-refractivity contribution in [2.75, 3.05) is 10.6 Å². The van der Waals surface area contributed by atoms with Crippen LogP contribution >= 0.6 is 0 Å². The van der Waals surface area contributed by atoms with E-state index >= 15 is 0 Å². The van der Waals surface area contributed by atoms with Crippen molar-refractivity contribution in [1.29, 1.82) is 0 Å². The Morgan fingerprint density at radius 3 is 2.22 bits per heavy atom. The average molecular weight is 459 g/mol. The predicted octanol–water partition coefficient (Wildman–Crippen LogP) is 4.53. The van der Waals surface area contributed by atoms with E-state index < -0.39 is 16.1 Å². The van der Waals surface area contributed by atoms with E-state index in [1.807, 2.05) is 25.1 Å². The summed E-state index contributed by atoms with van der Waals surface area (Å²) in [6.45, 7) is 12.3. The number of carbonyl (C=O) groups is 1. The molecular weight excluding hydrogens is 424 g/mol. The van der Waals surface area contributed by atoms with Crippen molar-refractivity contribution < 1.29 is 13.2 Å². The number of carbonyl (C=O) groups excluding carboxylic acids is 1. The molecule has 4 N–H and O–H groups in total. The van der Waals surface area contributed by atoms with E-state index in [1.165, 1.54) is 6.07 Å². The average Bonchev–Trinajstić information content (AvgIpc) is 2.61. The molecule has 1 heterocycles. The van der Waals surface area contributed by atoms with Crippen LogP contribution in [0.2, 0.25) is 0 Å². The Morgan fingerprint density at radius 2 is 1.59 bits per heavy atom. The van der Waals surface area contributed by atoms with E-state index in [1.54, 1.807) is 25.1 Å². The van der Waals surface area contributed by atoms with Gasteiger partial charge in [0, 0.05) is 17.1 Å². The molecule has 2 aromatic rings. The first kappa shape index (κ1) is 24.1. The van der Waals surface area contributed by atoms with Gasteiger partial charge in [-0.2, -0.15) is 0 Å². The standard InChI is InChI=1S/C24H34N4O3S/c1-16-11-12-19(25-18-14-23(3,4)28-24(5,6)15-18)20(13-16)26-22(29)27-32(30,31)21-10-8-7-9-17(21)2/h7-13,18,25,28H,14-15H2,1-6H3,(H2,26,27,29). The minimum atomic E-state index is -3.98. The molecule has 0 spiro atoms. The maximum absolute atomic E-state index is 12.7. The molecule has 0 saturated carbocycles. The molecule has 7 nitrogen and oxygen atoms in total. The van der Waals surface area contributed by atoms with Gasteiger partial charge >= 0.3 is 6.03 Å². The number of hydrogen-bond acceptors (Lipinski definition) is 5. The van der Waals surface area contributed by atoms with Gasteiger partial charge < -0.3 is 16.0 Å². The zero-order valence-electron chi connectivity index (χ0n) is 19.7. The second-order valence-electron chi connectivity index (χ2n) is 10.0. The lowest BCUT2D eigenvalue weighted by Gasteiger charge is -2.47. The summed E-state index contributed by atoms with van der Waals surface area (Å²) < 4.78 is 27.5. The quantitative estimate of drug-likeness (QED) is 0.527. The van der Waals surface area contributed by atoms with Crippen LogP contribution in [0.5, 0.6) is 0 Å². The third kappa shape index (κ3) is 6.01. The van der Waals surface area contributed by atoms with E-state index in [4.69, 9.17) is 0 Å². The number of rotatable bonds is 5. The third-order valence-corrected chi connectivity index (χ3v) is 7.07. The molecule has 8 heteroatoms. The second-order valence-corrected chi connectivity index (χ2v) is 11.7. The molecule has 32 heavy (non-hydrogen) atoms. The van der Waals surface area contributed by atoms with Crippen molar-refractivity contribution in [3.8, 4) is 0 Å². The molecule has 0 atom stereocenters. The maximum atomic E-state index is 12.7. The second kappa shape index (κ2) is 8.75. The van der Waals surface area contributed by atoms with Gasteiger partial charge in [-0.25, -0.2) is 17.9 Å². The Morgan fingerprint density at radius 1 is 0.969 bits per heavy atom. The molecule has 1 saturated heterocycles. The van der Waals surface area contributed by atoms with Gasteiger partial charge in [0.15, 0.2) is 0 Å². The first-order valence-corrected chi connectivity index (χ1v) is 12.3. The topological polar surface area (TPSA) is 99.3 Å². The number of piperidine rings is 1. The lowest BCUT2D eigenvalue weighted by atomic mass is 9.79. The highest BCUT2D eigenvalue weighted by molar-refractivity contribution is 7.90. The normalized spacial score (nSPS) is 18.1. The minimum Gasteiger partial charge on any atom is -0.380 e. The fourth-order valence-corrected chi connectivity index (χ4v) is 5.87. The predicted molar refractivity (Wildman–Crippen MR) is 130 cm³/mol. The first-order valence-electron chi connectivity index (χ1n) is 10.8. The molecule has 3 rings (SSSR count). The molecule has 1 aliphatic heterocycles. The zero-order valence-corrected chi connectivity index (χ0v) is 20.5. The van der Waals surface area contributed by atoms with Crippen molar-refractivity contribution in [2.24, 2.45) is 0 Å². The minimum absolute atomic E-state index is 0.0310. The van der Waals surface area contributed by atoms with Crippen LogP contribution in [-0.4, -0.2) is 31.6 Å². The fraction of sp³-hybridized carbons (Fsp3) is 0.458. The fourth-order valence-electron chi connectivity index (χ4n) is 4.71. The first-order chi connectivity index (χ1) is 14.8. The van der Waals surface area contributed by atoms with Crippen molar-refractivity contribution in [2.45, 2.75) is 76.4 Å². The molecule has 174 valence electrons. The van der Waals surface area contributed by atoms with Crippen LogP contribution in [0.25, 0.3) is 0 Å². The van der Waals surface area contributed by atoms with Crippen molar-refractivity contribution in [1.82, 2.24) is 10.0 Å². The smallest absolute Gasteiger partial charge is 0.333 e. The van der Waals surface area contributed by atoms with E-state index in [0.717, 1.165) is 24.1 Å². The van der Waals surface area contributed by atoms with Crippen LogP contribution in [0.4, 0.5) is 16.2 Å². The number of benzene rings is 2.